The molecule has 0 aliphatic rings. The van der Waals surface area contributed by atoms with E-state index in [1.807, 2.05) is 0 Å². The van der Waals surface area contributed by atoms with Crippen molar-refractivity contribution in [3.05, 3.63) is 64.6 Å². The highest BCUT2D eigenvalue weighted by Crippen LogP contribution is 2.21. The van der Waals surface area contributed by atoms with Gasteiger partial charge in [0.15, 0.2) is 0 Å². The molecular formula is C15H10ClF2N3O. The number of nitrogens with one attached hydrogen (secondary N) is 1. The van der Waals surface area contributed by atoms with Gasteiger partial charge < -0.3 is 5.32 Å². The number of imidazole rings is 1. The number of hydrogen-bond donors (Lipinski definition) is 1. The number of amides is 1. The van der Waals surface area contributed by atoms with Gasteiger partial charge in [-0.05, 0) is 25.1 Å². The number of benzene rings is 1. The highest BCUT2D eigenvalue weighted by atomic mass is 35.5. The molecule has 0 saturated heterocycles. The molecule has 0 aliphatic heterocycles. The summed E-state index contributed by atoms with van der Waals surface area (Å²) in [6, 6.07) is 6.55. The fourth-order valence-corrected chi connectivity index (χ4v) is 2.36. The Morgan fingerprint density at radius 1 is 1.27 bits per heavy atom. The summed E-state index contributed by atoms with van der Waals surface area (Å²) in [5, 5.41) is 2.72. The summed E-state index contributed by atoms with van der Waals surface area (Å²) in [5.74, 6) is -2.35. The molecule has 1 aromatic carbocycles. The Morgan fingerprint density at radius 2 is 1.95 bits per heavy atom. The third-order valence-corrected chi connectivity index (χ3v) is 3.41. The molecule has 0 unspecified atom stereocenters. The first kappa shape index (κ1) is 14.5. The number of fused-ring (bicyclic) bond motifs is 1. The zero-order chi connectivity index (χ0) is 15.9. The molecule has 0 atom stereocenters. The van der Waals surface area contributed by atoms with E-state index in [1.165, 1.54) is 10.5 Å². The van der Waals surface area contributed by atoms with E-state index in [1.54, 1.807) is 25.3 Å². The average Bonchev–Trinajstić information content (AvgIpc) is 2.78. The lowest BCUT2D eigenvalue weighted by atomic mass is 10.2. The number of hydrogen-bond acceptors (Lipinski definition) is 2. The maximum absolute atomic E-state index is 13.6. The first-order valence-corrected chi connectivity index (χ1v) is 6.75. The third kappa shape index (κ3) is 2.42. The standard InChI is InChI=1S/C15H10ClF2N3O/c1-8-14(21-6-5-9(16)7-12(21)19-8)15(22)20-13-10(17)3-2-4-11(13)18/h2-7H,1H3,(H,20,22). The summed E-state index contributed by atoms with van der Waals surface area (Å²) in [4.78, 5) is 16.6. The number of carbonyl (C=O) groups excluding carboxylic acids is 1. The molecule has 1 N–H and O–H groups in total. The van der Waals surface area contributed by atoms with Gasteiger partial charge in [0.1, 0.15) is 28.7 Å². The number of nitrogens with zero attached hydrogens (tertiary/aromatic N) is 2. The average molecular weight is 322 g/mol. The highest BCUT2D eigenvalue weighted by Gasteiger charge is 2.19. The summed E-state index contributed by atoms with van der Waals surface area (Å²) >= 11 is 5.88. The van der Waals surface area contributed by atoms with Gasteiger partial charge >= 0.3 is 0 Å². The lowest BCUT2D eigenvalue weighted by molar-refractivity contribution is 0.101. The Hall–Kier alpha value is -2.47. The molecule has 2 aromatic heterocycles. The van der Waals surface area contributed by atoms with Crippen LogP contribution in [0.5, 0.6) is 0 Å². The van der Waals surface area contributed by atoms with Crippen LogP contribution in [0.25, 0.3) is 5.65 Å². The minimum atomic E-state index is -0.845. The number of anilines is 1. The number of carbonyl (C=O) groups is 1. The van der Waals surface area contributed by atoms with Crippen molar-refractivity contribution in [3.63, 3.8) is 0 Å². The fourth-order valence-electron chi connectivity index (χ4n) is 2.20. The Bertz CT molecular complexity index is 872. The normalized spacial score (nSPS) is 10.9. The molecule has 1 amide bonds. The zero-order valence-electron chi connectivity index (χ0n) is 11.4. The monoisotopic (exact) mass is 321 g/mol. The summed E-state index contributed by atoms with van der Waals surface area (Å²) in [6.07, 6.45) is 1.57. The van der Waals surface area contributed by atoms with Crippen LogP contribution in [0.1, 0.15) is 16.2 Å². The van der Waals surface area contributed by atoms with E-state index in [0.717, 1.165) is 12.1 Å². The smallest absolute Gasteiger partial charge is 0.274 e. The van der Waals surface area contributed by atoms with Crippen LogP contribution < -0.4 is 5.32 Å². The molecule has 0 bridgehead atoms. The minimum Gasteiger partial charge on any atom is -0.316 e. The Balaban J connectivity index is 2.04. The first-order valence-electron chi connectivity index (χ1n) is 6.37. The second-order valence-corrected chi connectivity index (χ2v) is 5.11. The Kier molecular flexibility index (Phi) is 3.54. The lowest BCUT2D eigenvalue weighted by Gasteiger charge is -2.08. The molecule has 0 saturated carbocycles. The maximum atomic E-state index is 13.6. The quantitative estimate of drug-likeness (QED) is 0.780. The number of aryl methyl sites for hydroxylation is 1. The Labute approximate surface area is 129 Å². The molecule has 0 fully saturated rings. The van der Waals surface area contributed by atoms with E-state index >= 15 is 0 Å². The second kappa shape index (κ2) is 5.38. The maximum Gasteiger partial charge on any atom is 0.274 e. The zero-order valence-corrected chi connectivity index (χ0v) is 12.2. The van der Waals surface area contributed by atoms with Crippen molar-refractivity contribution in [1.82, 2.24) is 9.38 Å². The van der Waals surface area contributed by atoms with Gasteiger partial charge in [-0.1, -0.05) is 17.7 Å². The van der Waals surface area contributed by atoms with Crippen molar-refractivity contribution in [3.8, 4) is 0 Å². The predicted molar refractivity (Wildman–Crippen MR) is 79.3 cm³/mol. The van der Waals surface area contributed by atoms with Crippen molar-refractivity contribution >= 4 is 28.8 Å². The molecule has 7 heteroatoms. The number of halogens is 3. The number of aromatic nitrogens is 2. The van der Waals surface area contributed by atoms with Crippen LogP contribution in [0, 0.1) is 18.6 Å². The van der Waals surface area contributed by atoms with Crippen LogP contribution >= 0.6 is 11.6 Å². The van der Waals surface area contributed by atoms with Crippen LogP contribution in [0.4, 0.5) is 14.5 Å². The molecule has 112 valence electrons. The summed E-state index contributed by atoms with van der Waals surface area (Å²) in [6.45, 7) is 1.63. The number of pyridine rings is 1. The van der Waals surface area contributed by atoms with Gasteiger partial charge in [-0.3, -0.25) is 9.20 Å². The van der Waals surface area contributed by atoms with Gasteiger partial charge in [-0.15, -0.1) is 0 Å². The van der Waals surface area contributed by atoms with Gasteiger partial charge in [0.2, 0.25) is 0 Å². The molecule has 0 aliphatic carbocycles. The van der Waals surface area contributed by atoms with E-state index in [-0.39, 0.29) is 5.69 Å². The molecule has 0 radical (unpaired) electrons. The third-order valence-electron chi connectivity index (χ3n) is 3.18. The minimum absolute atomic E-state index is 0.189. The molecular weight excluding hydrogens is 312 g/mol. The van der Waals surface area contributed by atoms with Gasteiger partial charge in [0.25, 0.3) is 5.91 Å². The van der Waals surface area contributed by atoms with Gasteiger partial charge in [0, 0.05) is 17.3 Å². The van der Waals surface area contributed by atoms with Crippen LogP contribution in [0.15, 0.2) is 36.5 Å². The molecule has 4 nitrogen and oxygen atoms in total. The number of rotatable bonds is 2. The van der Waals surface area contributed by atoms with Gasteiger partial charge in [0.05, 0.1) is 5.69 Å². The SMILES string of the molecule is Cc1nc2cc(Cl)ccn2c1C(=O)Nc1c(F)cccc1F. The highest BCUT2D eigenvalue weighted by molar-refractivity contribution is 6.30. The van der Waals surface area contributed by atoms with E-state index in [2.05, 4.69) is 10.3 Å². The van der Waals surface area contributed by atoms with Gasteiger partial charge in [-0.2, -0.15) is 0 Å². The van der Waals surface area contributed by atoms with Crippen molar-refractivity contribution in [2.24, 2.45) is 0 Å². The van der Waals surface area contributed by atoms with Crippen LogP contribution in [-0.2, 0) is 0 Å². The van der Waals surface area contributed by atoms with Gasteiger partial charge in [-0.25, -0.2) is 13.8 Å². The lowest BCUT2D eigenvalue weighted by Crippen LogP contribution is -2.17. The van der Waals surface area contributed by atoms with Crippen molar-refractivity contribution < 1.29 is 13.6 Å². The predicted octanol–water partition coefficient (Wildman–Crippen LogP) is 3.83. The summed E-state index contributed by atoms with van der Waals surface area (Å²) < 4.78 is 28.8. The van der Waals surface area contributed by atoms with Crippen molar-refractivity contribution in [2.45, 2.75) is 6.92 Å². The Morgan fingerprint density at radius 3 is 2.64 bits per heavy atom. The van der Waals surface area contributed by atoms with E-state index in [9.17, 15) is 13.6 Å². The first-order chi connectivity index (χ1) is 10.5. The summed E-state index contributed by atoms with van der Waals surface area (Å²) in [5.41, 5.74) is 0.603. The fraction of sp³-hybridized carbons (Fsp3) is 0.0667. The van der Waals surface area contributed by atoms with Crippen molar-refractivity contribution in [2.75, 3.05) is 5.32 Å². The second-order valence-electron chi connectivity index (χ2n) is 4.67. The molecule has 0 spiro atoms. The largest absolute Gasteiger partial charge is 0.316 e. The van der Waals surface area contributed by atoms with E-state index in [0.29, 0.717) is 16.4 Å². The van der Waals surface area contributed by atoms with Crippen LogP contribution in [-0.4, -0.2) is 15.3 Å². The van der Waals surface area contributed by atoms with Crippen LogP contribution in [0.3, 0.4) is 0 Å². The topological polar surface area (TPSA) is 46.4 Å². The van der Waals surface area contributed by atoms with Crippen molar-refractivity contribution in [1.29, 1.82) is 0 Å². The van der Waals surface area contributed by atoms with Crippen LogP contribution in [0.2, 0.25) is 5.02 Å². The number of para-hydroxylation sites is 1. The molecule has 22 heavy (non-hydrogen) atoms. The molecule has 3 aromatic rings. The summed E-state index contributed by atoms with van der Waals surface area (Å²) in [7, 11) is 0. The van der Waals surface area contributed by atoms with E-state index in [4.69, 9.17) is 11.6 Å². The molecule has 2 heterocycles. The van der Waals surface area contributed by atoms with E-state index < -0.39 is 23.2 Å². The molecule has 3 rings (SSSR count).